The third-order valence-electron chi connectivity index (χ3n) is 5.33. The van der Waals surface area contributed by atoms with Crippen molar-refractivity contribution >= 4 is 6.03 Å². The number of nitrogens with one attached hydrogen (secondary N) is 1. The van der Waals surface area contributed by atoms with Gasteiger partial charge in [0.15, 0.2) is 0 Å². The lowest BCUT2D eigenvalue weighted by Gasteiger charge is -2.26. The molecule has 6 nitrogen and oxygen atoms in total. The Kier molecular flexibility index (Phi) is 5.94. The van der Waals surface area contributed by atoms with Crippen LogP contribution in [0, 0.1) is 6.92 Å². The molecule has 0 aliphatic heterocycles. The van der Waals surface area contributed by atoms with E-state index in [1.807, 2.05) is 38.1 Å². The highest BCUT2D eigenvalue weighted by molar-refractivity contribution is 5.74. The van der Waals surface area contributed by atoms with Crippen molar-refractivity contribution in [3.05, 3.63) is 52.6 Å². The van der Waals surface area contributed by atoms with Gasteiger partial charge in [-0.1, -0.05) is 12.1 Å². The van der Waals surface area contributed by atoms with E-state index in [4.69, 9.17) is 4.74 Å². The Balaban J connectivity index is 1.62. The molecule has 27 heavy (non-hydrogen) atoms. The lowest BCUT2D eigenvalue weighted by Crippen LogP contribution is -2.38. The fourth-order valence-electron chi connectivity index (χ4n) is 3.48. The Morgan fingerprint density at radius 2 is 1.93 bits per heavy atom. The molecule has 0 bridgehead atoms. The summed E-state index contributed by atoms with van der Waals surface area (Å²) in [5.41, 5.74) is 4.54. The second kappa shape index (κ2) is 8.37. The Morgan fingerprint density at radius 1 is 1.22 bits per heavy atom. The van der Waals surface area contributed by atoms with Gasteiger partial charge in [-0.25, -0.2) is 14.8 Å². The normalized spacial score (nSPS) is 14.2. The maximum absolute atomic E-state index is 12.6. The van der Waals surface area contributed by atoms with Crippen LogP contribution in [0.3, 0.4) is 0 Å². The fourth-order valence-corrected chi connectivity index (χ4v) is 3.48. The van der Waals surface area contributed by atoms with Gasteiger partial charge in [0.2, 0.25) is 0 Å². The van der Waals surface area contributed by atoms with Gasteiger partial charge in [0, 0.05) is 18.4 Å². The molecule has 0 radical (unpaired) electrons. The van der Waals surface area contributed by atoms with E-state index in [2.05, 4.69) is 15.3 Å². The molecule has 0 spiro atoms. The van der Waals surface area contributed by atoms with Gasteiger partial charge < -0.3 is 15.0 Å². The summed E-state index contributed by atoms with van der Waals surface area (Å²) >= 11 is 0. The first-order chi connectivity index (χ1) is 13.0. The predicted molar refractivity (Wildman–Crippen MR) is 105 cm³/mol. The van der Waals surface area contributed by atoms with Crippen molar-refractivity contribution in [1.82, 2.24) is 20.2 Å². The predicted octanol–water partition coefficient (Wildman–Crippen LogP) is 3.58. The molecule has 0 saturated heterocycles. The maximum Gasteiger partial charge on any atom is 0.318 e. The van der Waals surface area contributed by atoms with Crippen LogP contribution in [-0.2, 0) is 19.4 Å². The molecule has 1 aromatic carbocycles. The van der Waals surface area contributed by atoms with Gasteiger partial charge in [0.05, 0.1) is 19.7 Å². The zero-order valence-electron chi connectivity index (χ0n) is 16.6. The number of rotatable bonds is 5. The lowest BCUT2D eigenvalue weighted by atomic mass is 9.95. The minimum Gasteiger partial charge on any atom is -0.497 e. The standard InChI is InChI=1S/C21H28N4O2/c1-14-18-7-5-6-8-19(18)24-20(23-14)13-22-21(26)25(3)15(2)16-9-11-17(27-4)12-10-16/h9-12,15H,5-8,13H2,1-4H3,(H,22,26). The topological polar surface area (TPSA) is 67.3 Å². The van der Waals surface area contributed by atoms with Crippen LogP contribution in [0.4, 0.5) is 4.79 Å². The summed E-state index contributed by atoms with van der Waals surface area (Å²) < 4.78 is 5.19. The first kappa shape index (κ1) is 19.1. The highest BCUT2D eigenvalue weighted by atomic mass is 16.5. The van der Waals surface area contributed by atoms with E-state index >= 15 is 0 Å². The van der Waals surface area contributed by atoms with E-state index in [0.29, 0.717) is 12.4 Å². The maximum atomic E-state index is 12.6. The number of fused-ring (bicyclic) bond motifs is 1. The zero-order chi connectivity index (χ0) is 19.4. The van der Waals surface area contributed by atoms with E-state index < -0.39 is 0 Å². The first-order valence-corrected chi connectivity index (χ1v) is 9.49. The number of aryl methyl sites for hydroxylation is 2. The number of hydrogen-bond acceptors (Lipinski definition) is 4. The van der Waals surface area contributed by atoms with Crippen LogP contribution >= 0.6 is 0 Å². The van der Waals surface area contributed by atoms with Crippen molar-refractivity contribution < 1.29 is 9.53 Å². The molecule has 1 aromatic heterocycles. The molecular weight excluding hydrogens is 340 g/mol. The molecular formula is C21H28N4O2. The van der Waals surface area contributed by atoms with Crippen LogP contribution < -0.4 is 10.1 Å². The van der Waals surface area contributed by atoms with Crippen molar-refractivity contribution in [3.63, 3.8) is 0 Å². The van der Waals surface area contributed by atoms with E-state index in [9.17, 15) is 4.79 Å². The molecule has 1 atom stereocenters. The number of amides is 2. The fraction of sp³-hybridized carbons (Fsp3) is 0.476. The number of hydrogen-bond donors (Lipinski definition) is 1. The van der Waals surface area contributed by atoms with Crippen LogP contribution in [-0.4, -0.2) is 35.1 Å². The van der Waals surface area contributed by atoms with Gasteiger partial charge in [0.1, 0.15) is 11.6 Å². The third kappa shape index (κ3) is 4.38. The summed E-state index contributed by atoms with van der Waals surface area (Å²) in [5.74, 6) is 1.49. The van der Waals surface area contributed by atoms with Gasteiger partial charge in [-0.2, -0.15) is 0 Å². The van der Waals surface area contributed by atoms with Crippen LogP contribution in [0.1, 0.15) is 54.1 Å². The molecule has 2 amide bonds. The molecule has 144 valence electrons. The van der Waals surface area contributed by atoms with E-state index in [1.54, 1.807) is 19.1 Å². The minimum atomic E-state index is -0.141. The largest absolute Gasteiger partial charge is 0.497 e. The molecule has 0 fully saturated rings. The second-order valence-corrected chi connectivity index (χ2v) is 7.08. The summed E-state index contributed by atoms with van der Waals surface area (Å²) in [4.78, 5) is 23.5. The average molecular weight is 368 g/mol. The van der Waals surface area contributed by atoms with Crippen molar-refractivity contribution in [2.24, 2.45) is 0 Å². The Morgan fingerprint density at radius 3 is 2.63 bits per heavy atom. The number of carbonyl (C=O) groups is 1. The van der Waals surface area contributed by atoms with Gasteiger partial charge in [-0.05, 0) is 62.8 Å². The smallest absolute Gasteiger partial charge is 0.318 e. The molecule has 1 heterocycles. The average Bonchev–Trinajstić information content (AvgIpc) is 2.71. The number of carbonyl (C=O) groups excluding carboxylic acids is 1. The Hall–Kier alpha value is -2.63. The van der Waals surface area contributed by atoms with Crippen LogP contribution in [0.15, 0.2) is 24.3 Å². The molecule has 0 saturated carbocycles. The quantitative estimate of drug-likeness (QED) is 0.876. The molecule has 6 heteroatoms. The SMILES string of the molecule is COc1ccc(C(C)N(C)C(=O)NCc2nc(C)c3c(n2)CCCC3)cc1. The summed E-state index contributed by atoms with van der Waals surface area (Å²) in [6.45, 7) is 4.38. The summed E-state index contributed by atoms with van der Waals surface area (Å²) in [5, 5.41) is 2.94. The minimum absolute atomic E-state index is 0.0536. The first-order valence-electron chi connectivity index (χ1n) is 9.49. The second-order valence-electron chi connectivity index (χ2n) is 7.08. The van der Waals surface area contributed by atoms with Crippen LogP contribution in [0.5, 0.6) is 5.75 Å². The number of nitrogens with zero attached hydrogens (tertiary/aromatic N) is 3. The Labute approximate surface area is 161 Å². The Bertz CT molecular complexity index is 805. The van der Waals surface area contributed by atoms with Crippen molar-refractivity contribution in [2.75, 3.05) is 14.2 Å². The van der Waals surface area contributed by atoms with E-state index in [0.717, 1.165) is 35.5 Å². The zero-order valence-corrected chi connectivity index (χ0v) is 16.6. The summed E-state index contributed by atoms with van der Waals surface area (Å²) in [7, 11) is 3.44. The molecule has 1 unspecified atom stereocenters. The van der Waals surface area contributed by atoms with Crippen LogP contribution in [0.25, 0.3) is 0 Å². The lowest BCUT2D eigenvalue weighted by molar-refractivity contribution is 0.193. The van der Waals surface area contributed by atoms with Crippen molar-refractivity contribution in [2.45, 2.75) is 52.1 Å². The molecule has 2 aromatic rings. The number of aromatic nitrogens is 2. The van der Waals surface area contributed by atoms with Gasteiger partial charge in [-0.3, -0.25) is 0 Å². The van der Waals surface area contributed by atoms with Gasteiger partial charge in [-0.15, -0.1) is 0 Å². The highest BCUT2D eigenvalue weighted by Gasteiger charge is 2.19. The van der Waals surface area contributed by atoms with Crippen LogP contribution in [0.2, 0.25) is 0 Å². The third-order valence-corrected chi connectivity index (χ3v) is 5.33. The van der Waals surface area contributed by atoms with Gasteiger partial charge in [0.25, 0.3) is 0 Å². The summed E-state index contributed by atoms with van der Waals surface area (Å²) in [6.07, 6.45) is 4.46. The van der Waals surface area contributed by atoms with Gasteiger partial charge >= 0.3 is 6.03 Å². The molecule has 1 aliphatic rings. The highest BCUT2D eigenvalue weighted by Crippen LogP contribution is 2.23. The summed E-state index contributed by atoms with van der Waals surface area (Å²) in [6, 6.07) is 7.56. The molecule has 1 N–H and O–H groups in total. The number of ether oxygens (including phenoxy) is 1. The van der Waals surface area contributed by atoms with Crippen molar-refractivity contribution in [1.29, 1.82) is 0 Å². The number of urea groups is 1. The monoisotopic (exact) mass is 368 g/mol. The molecule has 3 rings (SSSR count). The molecule has 1 aliphatic carbocycles. The number of benzene rings is 1. The number of methoxy groups -OCH3 is 1. The van der Waals surface area contributed by atoms with E-state index in [-0.39, 0.29) is 12.1 Å². The van der Waals surface area contributed by atoms with E-state index in [1.165, 1.54) is 18.4 Å². The van der Waals surface area contributed by atoms with Crippen molar-refractivity contribution in [3.8, 4) is 5.75 Å².